The normalized spacial score (nSPS) is 22.0. The van der Waals surface area contributed by atoms with Crippen molar-refractivity contribution in [2.24, 2.45) is 0 Å². The SMILES string of the molecule is CNC(=O)c1cnc(B2OC(C)(C)C(C)(C)O2)cc1OC1CC1. The molecule has 0 radical (unpaired) electrons. The molecule has 1 amide bonds. The number of amides is 1. The van der Waals surface area contributed by atoms with E-state index in [0.29, 0.717) is 16.9 Å². The number of carbonyl (C=O) groups is 1. The highest BCUT2D eigenvalue weighted by Gasteiger charge is 2.52. The topological polar surface area (TPSA) is 69.7 Å². The maximum Gasteiger partial charge on any atom is 0.514 e. The van der Waals surface area contributed by atoms with Crippen molar-refractivity contribution >= 4 is 18.6 Å². The second-order valence-electron chi connectivity index (χ2n) is 7.09. The molecule has 3 rings (SSSR count). The molecule has 0 unspecified atom stereocenters. The second kappa shape index (κ2) is 5.49. The number of nitrogens with one attached hydrogen (secondary N) is 1. The fraction of sp³-hybridized carbons (Fsp3) is 0.625. The first-order chi connectivity index (χ1) is 10.7. The zero-order valence-corrected chi connectivity index (χ0v) is 14.3. The van der Waals surface area contributed by atoms with E-state index in [-0.39, 0.29) is 12.0 Å². The number of ether oxygens (including phenoxy) is 1. The third kappa shape index (κ3) is 3.08. The van der Waals surface area contributed by atoms with E-state index in [0.717, 1.165) is 12.8 Å². The molecule has 0 atom stereocenters. The largest absolute Gasteiger partial charge is 0.514 e. The van der Waals surface area contributed by atoms with Gasteiger partial charge in [-0.3, -0.25) is 9.78 Å². The van der Waals surface area contributed by atoms with Crippen molar-refractivity contribution in [1.29, 1.82) is 0 Å². The average Bonchev–Trinajstić information content (AvgIpc) is 3.25. The molecule has 2 aliphatic rings. The Labute approximate surface area is 137 Å². The van der Waals surface area contributed by atoms with Crippen LogP contribution >= 0.6 is 0 Å². The maximum absolute atomic E-state index is 12.0. The van der Waals surface area contributed by atoms with Gasteiger partial charge in [-0.2, -0.15) is 0 Å². The van der Waals surface area contributed by atoms with Crippen molar-refractivity contribution in [1.82, 2.24) is 10.3 Å². The van der Waals surface area contributed by atoms with Crippen LogP contribution in [0.25, 0.3) is 0 Å². The number of hydrogen-bond acceptors (Lipinski definition) is 5. The number of pyridine rings is 1. The minimum absolute atomic E-state index is 0.187. The molecule has 1 saturated heterocycles. The lowest BCUT2D eigenvalue weighted by Crippen LogP contribution is -2.41. The number of hydrogen-bond donors (Lipinski definition) is 1. The first kappa shape index (κ1) is 16.3. The highest BCUT2D eigenvalue weighted by Crippen LogP contribution is 2.36. The summed E-state index contributed by atoms with van der Waals surface area (Å²) in [6.45, 7) is 7.97. The van der Waals surface area contributed by atoms with E-state index in [9.17, 15) is 4.79 Å². The summed E-state index contributed by atoms with van der Waals surface area (Å²) in [4.78, 5) is 16.3. The van der Waals surface area contributed by atoms with Crippen LogP contribution in [0.3, 0.4) is 0 Å². The minimum atomic E-state index is -0.569. The van der Waals surface area contributed by atoms with Gasteiger partial charge in [0.05, 0.1) is 28.5 Å². The second-order valence-corrected chi connectivity index (χ2v) is 7.09. The number of nitrogens with zero attached hydrogens (tertiary/aromatic N) is 1. The quantitative estimate of drug-likeness (QED) is 0.847. The molecule has 0 bridgehead atoms. The average molecular weight is 318 g/mol. The van der Waals surface area contributed by atoms with Crippen LogP contribution in [-0.2, 0) is 9.31 Å². The number of aromatic nitrogens is 1. The van der Waals surface area contributed by atoms with Crippen LogP contribution in [0.2, 0.25) is 0 Å². The van der Waals surface area contributed by atoms with Crippen LogP contribution in [-0.4, -0.2) is 42.4 Å². The Kier molecular flexibility index (Phi) is 3.88. The summed E-state index contributed by atoms with van der Waals surface area (Å²) in [7, 11) is 1.02. The van der Waals surface area contributed by atoms with Crippen molar-refractivity contribution in [3.8, 4) is 5.75 Å². The summed E-state index contributed by atoms with van der Waals surface area (Å²) < 4.78 is 17.9. The van der Waals surface area contributed by atoms with E-state index in [1.165, 1.54) is 6.20 Å². The summed E-state index contributed by atoms with van der Waals surface area (Å²) in [5, 5.41) is 2.61. The van der Waals surface area contributed by atoms with E-state index in [1.54, 1.807) is 13.1 Å². The van der Waals surface area contributed by atoms with E-state index in [1.807, 2.05) is 27.7 Å². The van der Waals surface area contributed by atoms with E-state index in [4.69, 9.17) is 14.0 Å². The molecule has 7 heteroatoms. The predicted molar refractivity (Wildman–Crippen MR) is 87.0 cm³/mol. The molecule has 0 aromatic carbocycles. The minimum Gasteiger partial charge on any atom is -0.489 e. The smallest absolute Gasteiger partial charge is 0.489 e. The van der Waals surface area contributed by atoms with Crippen LogP contribution < -0.4 is 15.6 Å². The maximum atomic E-state index is 12.0. The lowest BCUT2D eigenvalue weighted by atomic mass is 9.84. The van der Waals surface area contributed by atoms with Gasteiger partial charge in [-0.1, -0.05) is 0 Å². The van der Waals surface area contributed by atoms with Crippen molar-refractivity contribution in [3.63, 3.8) is 0 Å². The Morgan fingerprint density at radius 2 is 1.91 bits per heavy atom. The van der Waals surface area contributed by atoms with Gasteiger partial charge >= 0.3 is 7.12 Å². The zero-order chi connectivity index (χ0) is 16.8. The monoisotopic (exact) mass is 318 g/mol. The predicted octanol–water partition coefficient (Wildman–Crippen LogP) is 1.28. The van der Waals surface area contributed by atoms with Gasteiger partial charge in [0.1, 0.15) is 5.75 Å². The summed E-state index contributed by atoms with van der Waals surface area (Å²) in [5.41, 5.74) is 0.179. The lowest BCUT2D eigenvalue weighted by Gasteiger charge is -2.32. The fourth-order valence-corrected chi connectivity index (χ4v) is 2.31. The first-order valence-electron chi connectivity index (χ1n) is 7.98. The van der Waals surface area contributed by atoms with Gasteiger partial charge in [-0.25, -0.2) is 0 Å². The van der Waals surface area contributed by atoms with Crippen LogP contribution in [0, 0.1) is 0 Å². The molecule has 2 heterocycles. The standard InChI is InChI=1S/C16H23BN2O4/c1-15(2)16(3,4)23-17(22-15)13-8-12(21-10-6-7-10)11(9-19-13)14(20)18-5/h8-10H,6-7H2,1-5H3,(H,18,20). The molecule has 23 heavy (non-hydrogen) atoms. The Balaban J connectivity index is 1.90. The molecular formula is C16H23BN2O4. The van der Waals surface area contributed by atoms with Crippen LogP contribution in [0.1, 0.15) is 50.9 Å². The van der Waals surface area contributed by atoms with E-state index >= 15 is 0 Å². The van der Waals surface area contributed by atoms with Gasteiger partial charge in [0.25, 0.3) is 5.91 Å². The van der Waals surface area contributed by atoms with Gasteiger partial charge < -0.3 is 19.4 Å². The van der Waals surface area contributed by atoms with Gasteiger partial charge in [0.15, 0.2) is 0 Å². The van der Waals surface area contributed by atoms with Crippen LogP contribution in [0.5, 0.6) is 5.75 Å². The van der Waals surface area contributed by atoms with Crippen LogP contribution in [0.15, 0.2) is 12.3 Å². The van der Waals surface area contributed by atoms with Crippen molar-refractivity contribution in [3.05, 3.63) is 17.8 Å². The molecule has 1 aromatic heterocycles. The fourth-order valence-electron chi connectivity index (χ4n) is 2.31. The van der Waals surface area contributed by atoms with E-state index < -0.39 is 18.3 Å². The molecule has 1 aliphatic carbocycles. The van der Waals surface area contributed by atoms with Gasteiger partial charge in [-0.05, 0) is 46.6 Å². The van der Waals surface area contributed by atoms with Crippen molar-refractivity contribution in [2.75, 3.05) is 7.05 Å². The highest BCUT2D eigenvalue weighted by molar-refractivity contribution is 6.61. The lowest BCUT2D eigenvalue weighted by molar-refractivity contribution is 0.00578. The Hall–Kier alpha value is -1.60. The van der Waals surface area contributed by atoms with Crippen molar-refractivity contribution in [2.45, 2.75) is 57.8 Å². The summed E-state index contributed by atoms with van der Waals surface area (Å²) in [5.74, 6) is 0.320. The molecular weight excluding hydrogens is 295 g/mol. The summed E-state index contributed by atoms with van der Waals surface area (Å²) >= 11 is 0. The molecule has 1 N–H and O–H groups in total. The first-order valence-corrected chi connectivity index (χ1v) is 7.98. The third-order valence-corrected chi connectivity index (χ3v) is 4.67. The molecule has 6 nitrogen and oxygen atoms in total. The molecule has 2 fully saturated rings. The zero-order valence-electron chi connectivity index (χ0n) is 14.3. The number of rotatable bonds is 4. The Bertz CT molecular complexity index is 613. The van der Waals surface area contributed by atoms with Gasteiger partial charge in [-0.15, -0.1) is 0 Å². The third-order valence-electron chi connectivity index (χ3n) is 4.67. The Morgan fingerprint density at radius 3 is 2.43 bits per heavy atom. The molecule has 1 aromatic rings. The molecule has 1 saturated carbocycles. The number of carbonyl (C=O) groups excluding carboxylic acids is 1. The highest BCUT2D eigenvalue weighted by atomic mass is 16.7. The molecule has 1 aliphatic heterocycles. The van der Waals surface area contributed by atoms with Gasteiger partial charge in [0.2, 0.25) is 0 Å². The van der Waals surface area contributed by atoms with Gasteiger partial charge in [0, 0.05) is 13.2 Å². The molecule has 124 valence electrons. The molecule has 0 spiro atoms. The summed E-state index contributed by atoms with van der Waals surface area (Å²) in [6, 6.07) is 1.76. The van der Waals surface area contributed by atoms with Crippen molar-refractivity contribution < 1.29 is 18.8 Å². The Morgan fingerprint density at radius 1 is 1.30 bits per heavy atom. The van der Waals surface area contributed by atoms with Crippen LogP contribution in [0.4, 0.5) is 0 Å². The summed E-state index contributed by atoms with van der Waals surface area (Å²) in [6.07, 6.45) is 3.74. The van der Waals surface area contributed by atoms with E-state index in [2.05, 4.69) is 10.3 Å².